The highest BCUT2D eigenvalue weighted by Crippen LogP contribution is 2.32. The van der Waals surface area contributed by atoms with Crippen LogP contribution in [0.4, 0.5) is 11.4 Å². The maximum Gasteiger partial charge on any atom is 0.224 e. The van der Waals surface area contributed by atoms with Gasteiger partial charge in [0, 0.05) is 25.3 Å². The lowest BCUT2D eigenvalue weighted by Crippen LogP contribution is -2.13. The average Bonchev–Trinajstić information content (AvgIpc) is 2.29. The van der Waals surface area contributed by atoms with Crippen LogP contribution in [0, 0.1) is 0 Å². The molecule has 1 aromatic carbocycles. The molecule has 0 radical (unpaired) electrons. The van der Waals surface area contributed by atoms with E-state index in [1.807, 2.05) is 6.92 Å². The molecule has 0 saturated carbocycles. The molecule has 0 heterocycles. The minimum atomic E-state index is -0.150. The summed E-state index contributed by atoms with van der Waals surface area (Å²) in [6.07, 6.45) is 1.01. The van der Waals surface area contributed by atoms with Gasteiger partial charge in [0.15, 0.2) is 0 Å². The number of carbonyl (C=O) groups is 1. The first-order chi connectivity index (χ1) is 8.54. The fraction of sp³-hybridized carbons (Fsp3) is 0.417. The van der Waals surface area contributed by atoms with Gasteiger partial charge in [0.2, 0.25) is 5.91 Å². The minimum Gasteiger partial charge on any atom is -0.399 e. The van der Waals surface area contributed by atoms with Crippen molar-refractivity contribution in [1.82, 2.24) is 0 Å². The zero-order valence-electron chi connectivity index (χ0n) is 10.1. The van der Waals surface area contributed by atoms with Crippen molar-refractivity contribution in [2.45, 2.75) is 19.8 Å². The van der Waals surface area contributed by atoms with Gasteiger partial charge in [-0.25, -0.2) is 0 Å². The summed E-state index contributed by atoms with van der Waals surface area (Å²) in [5.74, 6) is -0.150. The summed E-state index contributed by atoms with van der Waals surface area (Å²) in [5, 5.41) is 3.33. The van der Waals surface area contributed by atoms with Crippen LogP contribution < -0.4 is 11.1 Å². The number of nitrogens with one attached hydrogen (secondary N) is 1. The second-order valence-electron chi connectivity index (χ2n) is 3.71. The number of carbonyl (C=O) groups excluding carboxylic acids is 1. The Morgan fingerprint density at radius 1 is 1.39 bits per heavy atom. The third kappa shape index (κ3) is 4.72. The Morgan fingerprint density at radius 3 is 2.56 bits per heavy atom. The van der Waals surface area contributed by atoms with Gasteiger partial charge in [-0.15, -0.1) is 0 Å². The Labute approximate surface area is 116 Å². The molecule has 0 bridgehead atoms. The number of benzene rings is 1. The predicted molar refractivity (Wildman–Crippen MR) is 75.2 cm³/mol. The Kier molecular flexibility index (Phi) is 6.25. The molecule has 6 heteroatoms. The summed E-state index contributed by atoms with van der Waals surface area (Å²) in [6.45, 7) is 3.12. The molecule has 1 rings (SSSR count). The van der Waals surface area contributed by atoms with E-state index >= 15 is 0 Å². The summed E-state index contributed by atoms with van der Waals surface area (Å²) in [7, 11) is 0. The van der Waals surface area contributed by atoms with E-state index in [0.29, 0.717) is 47.5 Å². The SMILES string of the molecule is CCOCCCC(=O)Nc1c(Cl)cc(N)cc1Cl. The number of anilines is 2. The van der Waals surface area contributed by atoms with E-state index in [9.17, 15) is 4.79 Å². The largest absolute Gasteiger partial charge is 0.399 e. The average molecular weight is 291 g/mol. The maximum atomic E-state index is 11.6. The fourth-order valence-corrected chi connectivity index (χ4v) is 1.99. The normalized spacial score (nSPS) is 10.4. The molecule has 0 fully saturated rings. The number of hydrogen-bond donors (Lipinski definition) is 2. The first kappa shape index (κ1) is 15.1. The summed E-state index contributed by atoms with van der Waals surface area (Å²) in [5.41, 5.74) is 6.43. The van der Waals surface area contributed by atoms with E-state index in [1.54, 1.807) is 12.1 Å². The van der Waals surface area contributed by atoms with Crippen molar-refractivity contribution in [1.29, 1.82) is 0 Å². The van der Waals surface area contributed by atoms with Gasteiger partial charge in [-0.2, -0.15) is 0 Å². The van der Waals surface area contributed by atoms with E-state index < -0.39 is 0 Å². The first-order valence-corrected chi connectivity index (χ1v) is 6.42. The van der Waals surface area contributed by atoms with Crippen LogP contribution in [-0.2, 0) is 9.53 Å². The summed E-state index contributed by atoms with van der Waals surface area (Å²) >= 11 is 11.9. The van der Waals surface area contributed by atoms with E-state index in [0.717, 1.165) is 0 Å². The Hall–Kier alpha value is -0.970. The van der Waals surface area contributed by atoms with E-state index in [2.05, 4.69) is 5.32 Å². The van der Waals surface area contributed by atoms with Crippen molar-refractivity contribution in [3.05, 3.63) is 22.2 Å². The first-order valence-electron chi connectivity index (χ1n) is 5.66. The van der Waals surface area contributed by atoms with Gasteiger partial charge in [0.25, 0.3) is 0 Å². The number of ether oxygens (including phenoxy) is 1. The molecular formula is C12H16Cl2N2O2. The Bertz CT molecular complexity index is 402. The van der Waals surface area contributed by atoms with Crippen LogP contribution in [0.25, 0.3) is 0 Å². The molecule has 0 aromatic heterocycles. The van der Waals surface area contributed by atoms with Crippen molar-refractivity contribution in [3.8, 4) is 0 Å². The lowest BCUT2D eigenvalue weighted by Gasteiger charge is -2.10. The van der Waals surface area contributed by atoms with Crippen LogP contribution in [-0.4, -0.2) is 19.1 Å². The van der Waals surface area contributed by atoms with Crippen molar-refractivity contribution >= 4 is 40.5 Å². The highest BCUT2D eigenvalue weighted by Gasteiger charge is 2.10. The number of rotatable bonds is 6. The molecule has 0 spiro atoms. The van der Waals surface area contributed by atoms with Crippen molar-refractivity contribution < 1.29 is 9.53 Å². The summed E-state index contributed by atoms with van der Waals surface area (Å²) < 4.78 is 5.15. The number of nitrogens with two attached hydrogens (primary N) is 1. The van der Waals surface area contributed by atoms with Crippen LogP contribution in [0.15, 0.2) is 12.1 Å². The van der Waals surface area contributed by atoms with Crippen LogP contribution in [0.1, 0.15) is 19.8 Å². The zero-order chi connectivity index (χ0) is 13.5. The van der Waals surface area contributed by atoms with Crippen LogP contribution in [0.2, 0.25) is 10.0 Å². The van der Waals surface area contributed by atoms with Gasteiger partial charge in [-0.05, 0) is 25.5 Å². The summed E-state index contributed by atoms with van der Waals surface area (Å²) in [6, 6.07) is 3.09. The lowest BCUT2D eigenvalue weighted by molar-refractivity contribution is -0.116. The molecule has 18 heavy (non-hydrogen) atoms. The van der Waals surface area contributed by atoms with Gasteiger partial charge in [-0.3, -0.25) is 4.79 Å². The highest BCUT2D eigenvalue weighted by molar-refractivity contribution is 6.40. The third-order valence-corrected chi connectivity index (χ3v) is 2.82. The smallest absolute Gasteiger partial charge is 0.224 e. The molecule has 0 atom stereocenters. The predicted octanol–water partition coefficient (Wildman–Crippen LogP) is 3.33. The number of amides is 1. The van der Waals surface area contributed by atoms with Crippen LogP contribution in [0.5, 0.6) is 0 Å². The molecule has 3 N–H and O–H groups in total. The van der Waals surface area contributed by atoms with Crippen molar-refractivity contribution in [2.24, 2.45) is 0 Å². The zero-order valence-corrected chi connectivity index (χ0v) is 11.6. The maximum absolute atomic E-state index is 11.6. The molecule has 100 valence electrons. The van der Waals surface area contributed by atoms with Gasteiger partial charge in [-0.1, -0.05) is 23.2 Å². The molecule has 0 unspecified atom stereocenters. The van der Waals surface area contributed by atoms with Gasteiger partial charge in [0.05, 0.1) is 15.7 Å². The van der Waals surface area contributed by atoms with Crippen LogP contribution in [0.3, 0.4) is 0 Å². The Morgan fingerprint density at radius 2 is 2.00 bits per heavy atom. The number of halogens is 2. The van der Waals surface area contributed by atoms with Crippen molar-refractivity contribution in [3.63, 3.8) is 0 Å². The second-order valence-corrected chi connectivity index (χ2v) is 4.52. The molecule has 0 aliphatic heterocycles. The minimum absolute atomic E-state index is 0.150. The van der Waals surface area contributed by atoms with Gasteiger partial charge < -0.3 is 15.8 Å². The Balaban J connectivity index is 2.54. The van der Waals surface area contributed by atoms with E-state index in [1.165, 1.54) is 0 Å². The van der Waals surface area contributed by atoms with Gasteiger partial charge >= 0.3 is 0 Å². The standard InChI is InChI=1S/C12H16Cl2N2O2/c1-2-18-5-3-4-11(17)16-12-9(13)6-8(15)7-10(12)14/h6-7H,2-5,15H2,1H3,(H,16,17). The molecule has 1 aromatic rings. The monoisotopic (exact) mass is 290 g/mol. The molecule has 1 amide bonds. The second kappa shape index (κ2) is 7.46. The summed E-state index contributed by atoms with van der Waals surface area (Å²) in [4.78, 5) is 11.6. The molecule has 0 aliphatic rings. The molecule has 0 saturated heterocycles. The number of hydrogen-bond acceptors (Lipinski definition) is 3. The fourth-order valence-electron chi connectivity index (χ4n) is 1.39. The van der Waals surface area contributed by atoms with Crippen LogP contribution >= 0.6 is 23.2 Å². The molecule has 4 nitrogen and oxygen atoms in total. The van der Waals surface area contributed by atoms with E-state index in [-0.39, 0.29) is 5.91 Å². The lowest BCUT2D eigenvalue weighted by atomic mass is 10.2. The van der Waals surface area contributed by atoms with Crippen molar-refractivity contribution in [2.75, 3.05) is 24.3 Å². The quantitative estimate of drug-likeness (QED) is 0.624. The molecule has 0 aliphatic carbocycles. The van der Waals surface area contributed by atoms with E-state index in [4.69, 9.17) is 33.7 Å². The third-order valence-electron chi connectivity index (χ3n) is 2.23. The highest BCUT2D eigenvalue weighted by atomic mass is 35.5. The number of nitrogen functional groups attached to an aromatic ring is 1. The topological polar surface area (TPSA) is 64.3 Å². The van der Waals surface area contributed by atoms with Gasteiger partial charge in [0.1, 0.15) is 0 Å². The molecular weight excluding hydrogens is 275 g/mol.